The number of aryl methyl sites for hydroxylation is 1. The standard InChI is InChI=1S/C11H17N3O3/c1-14-5-4-12-9(10(14)15)13-8-11(16)2-6-17-7-3-11/h4-5,16H,2-3,6-8H2,1H3,(H,12,13). The van der Waals surface area contributed by atoms with Crippen LogP contribution in [0.5, 0.6) is 0 Å². The largest absolute Gasteiger partial charge is 0.388 e. The van der Waals surface area contributed by atoms with Crippen molar-refractivity contribution in [3.8, 4) is 0 Å². The second-order valence-corrected chi connectivity index (χ2v) is 4.38. The van der Waals surface area contributed by atoms with Gasteiger partial charge in [0.15, 0.2) is 5.82 Å². The number of rotatable bonds is 3. The Morgan fingerprint density at radius 3 is 3.00 bits per heavy atom. The van der Waals surface area contributed by atoms with Gasteiger partial charge in [-0.2, -0.15) is 0 Å². The van der Waals surface area contributed by atoms with E-state index in [1.807, 2.05) is 0 Å². The SMILES string of the molecule is Cn1ccnc(NCC2(O)CCOCC2)c1=O. The van der Waals surface area contributed by atoms with Gasteiger partial charge in [-0.25, -0.2) is 4.98 Å². The predicted molar refractivity (Wildman–Crippen MR) is 63.0 cm³/mol. The Morgan fingerprint density at radius 2 is 2.29 bits per heavy atom. The van der Waals surface area contributed by atoms with Crippen LogP contribution in [-0.4, -0.2) is 40.0 Å². The zero-order chi connectivity index (χ0) is 12.3. The van der Waals surface area contributed by atoms with Crippen LogP contribution in [0.3, 0.4) is 0 Å². The van der Waals surface area contributed by atoms with Crippen molar-refractivity contribution < 1.29 is 9.84 Å². The maximum atomic E-state index is 11.7. The van der Waals surface area contributed by atoms with E-state index in [4.69, 9.17) is 4.74 Å². The number of ether oxygens (including phenoxy) is 1. The molecule has 2 heterocycles. The first kappa shape index (κ1) is 12.1. The molecule has 6 heteroatoms. The van der Waals surface area contributed by atoms with Gasteiger partial charge in [0.2, 0.25) is 0 Å². The molecule has 0 aliphatic carbocycles. The fourth-order valence-corrected chi connectivity index (χ4v) is 1.80. The van der Waals surface area contributed by atoms with Crippen LogP contribution in [-0.2, 0) is 11.8 Å². The minimum atomic E-state index is -0.805. The Morgan fingerprint density at radius 1 is 1.59 bits per heavy atom. The third kappa shape index (κ3) is 2.83. The van der Waals surface area contributed by atoms with Crippen molar-refractivity contribution in [2.45, 2.75) is 18.4 Å². The molecule has 1 aliphatic rings. The molecule has 0 saturated carbocycles. The minimum absolute atomic E-state index is 0.192. The summed E-state index contributed by atoms with van der Waals surface area (Å²) in [6.45, 7) is 1.43. The molecule has 2 N–H and O–H groups in total. The minimum Gasteiger partial charge on any atom is -0.388 e. The van der Waals surface area contributed by atoms with E-state index < -0.39 is 5.60 Å². The zero-order valence-electron chi connectivity index (χ0n) is 9.85. The van der Waals surface area contributed by atoms with Crippen LogP contribution < -0.4 is 10.9 Å². The molecule has 6 nitrogen and oxygen atoms in total. The summed E-state index contributed by atoms with van der Waals surface area (Å²) in [7, 11) is 1.67. The molecule has 0 aromatic carbocycles. The third-order valence-electron chi connectivity index (χ3n) is 3.03. The third-order valence-corrected chi connectivity index (χ3v) is 3.03. The van der Waals surface area contributed by atoms with E-state index in [0.717, 1.165) is 0 Å². The number of aromatic nitrogens is 2. The van der Waals surface area contributed by atoms with Crippen LogP contribution in [0.2, 0.25) is 0 Å². The molecule has 17 heavy (non-hydrogen) atoms. The van der Waals surface area contributed by atoms with Gasteiger partial charge < -0.3 is 19.7 Å². The number of anilines is 1. The van der Waals surface area contributed by atoms with Crippen molar-refractivity contribution in [2.75, 3.05) is 25.1 Å². The Hall–Kier alpha value is -1.40. The fourth-order valence-electron chi connectivity index (χ4n) is 1.80. The molecule has 94 valence electrons. The summed E-state index contributed by atoms with van der Waals surface area (Å²) in [6, 6.07) is 0. The van der Waals surface area contributed by atoms with Gasteiger partial charge >= 0.3 is 0 Å². The molecule has 0 amide bonds. The summed E-state index contributed by atoms with van der Waals surface area (Å²) in [6.07, 6.45) is 4.30. The monoisotopic (exact) mass is 239 g/mol. The van der Waals surface area contributed by atoms with Crippen LogP contribution >= 0.6 is 0 Å². The summed E-state index contributed by atoms with van der Waals surface area (Å²) in [5.41, 5.74) is -0.996. The molecule has 0 atom stereocenters. The average molecular weight is 239 g/mol. The summed E-state index contributed by atoms with van der Waals surface area (Å²) in [5.74, 6) is 0.273. The lowest BCUT2D eigenvalue weighted by Gasteiger charge is -2.32. The number of nitrogens with one attached hydrogen (secondary N) is 1. The highest BCUT2D eigenvalue weighted by molar-refractivity contribution is 5.31. The highest BCUT2D eigenvalue weighted by atomic mass is 16.5. The molecule has 0 radical (unpaired) electrons. The number of hydrogen-bond acceptors (Lipinski definition) is 5. The number of aliphatic hydroxyl groups is 1. The van der Waals surface area contributed by atoms with E-state index >= 15 is 0 Å². The lowest BCUT2D eigenvalue weighted by molar-refractivity contribution is -0.0544. The molecule has 1 aromatic rings. The molecule has 1 aromatic heterocycles. The van der Waals surface area contributed by atoms with Gasteiger partial charge in [0.1, 0.15) is 0 Å². The smallest absolute Gasteiger partial charge is 0.293 e. The summed E-state index contributed by atoms with van der Waals surface area (Å²) >= 11 is 0. The van der Waals surface area contributed by atoms with E-state index in [0.29, 0.717) is 32.6 Å². The van der Waals surface area contributed by atoms with E-state index in [9.17, 15) is 9.90 Å². The molecule has 1 aliphatic heterocycles. The molecule has 0 unspecified atom stereocenters. The predicted octanol–water partition coefficient (Wildman–Crippen LogP) is -0.266. The number of hydrogen-bond donors (Lipinski definition) is 2. The maximum Gasteiger partial charge on any atom is 0.293 e. The quantitative estimate of drug-likeness (QED) is 0.759. The molecule has 0 spiro atoms. The van der Waals surface area contributed by atoms with E-state index in [1.54, 1.807) is 19.4 Å². The highest BCUT2D eigenvalue weighted by Gasteiger charge is 2.29. The first-order valence-electron chi connectivity index (χ1n) is 5.66. The highest BCUT2D eigenvalue weighted by Crippen LogP contribution is 2.20. The van der Waals surface area contributed by atoms with Crippen molar-refractivity contribution in [1.82, 2.24) is 9.55 Å². The Balaban J connectivity index is 2.02. The lowest BCUT2D eigenvalue weighted by Crippen LogP contribution is -2.43. The van der Waals surface area contributed by atoms with Gasteiger partial charge in [0.05, 0.1) is 5.60 Å². The van der Waals surface area contributed by atoms with Crippen LogP contribution in [0.25, 0.3) is 0 Å². The fraction of sp³-hybridized carbons (Fsp3) is 0.636. The normalized spacial score (nSPS) is 18.9. The topological polar surface area (TPSA) is 76.4 Å². The summed E-state index contributed by atoms with van der Waals surface area (Å²) in [5, 5.41) is 13.1. The van der Waals surface area contributed by atoms with Gasteiger partial charge in [-0.05, 0) is 0 Å². The molecule has 1 fully saturated rings. The molecular formula is C11H17N3O3. The Kier molecular flexibility index (Phi) is 3.44. The van der Waals surface area contributed by atoms with Crippen molar-refractivity contribution in [1.29, 1.82) is 0 Å². The van der Waals surface area contributed by atoms with Crippen molar-refractivity contribution in [3.63, 3.8) is 0 Å². The van der Waals surface area contributed by atoms with Gasteiger partial charge in [-0.15, -0.1) is 0 Å². The average Bonchev–Trinajstić information content (AvgIpc) is 2.32. The van der Waals surface area contributed by atoms with Gasteiger partial charge in [0.25, 0.3) is 5.56 Å². The van der Waals surface area contributed by atoms with Crippen molar-refractivity contribution in [2.24, 2.45) is 7.05 Å². The first-order valence-corrected chi connectivity index (χ1v) is 5.66. The number of nitrogens with zero attached hydrogens (tertiary/aromatic N) is 2. The molecular weight excluding hydrogens is 222 g/mol. The first-order chi connectivity index (χ1) is 8.11. The molecule has 0 bridgehead atoms. The van der Waals surface area contributed by atoms with Gasteiger partial charge in [-0.1, -0.05) is 0 Å². The van der Waals surface area contributed by atoms with Gasteiger partial charge in [0, 0.05) is 52.0 Å². The van der Waals surface area contributed by atoms with E-state index in [2.05, 4.69) is 10.3 Å². The Bertz CT molecular complexity index is 438. The van der Waals surface area contributed by atoms with Crippen molar-refractivity contribution in [3.05, 3.63) is 22.7 Å². The zero-order valence-corrected chi connectivity index (χ0v) is 9.85. The van der Waals surface area contributed by atoms with E-state index in [1.165, 1.54) is 4.57 Å². The second kappa shape index (κ2) is 4.85. The van der Waals surface area contributed by atoms with Crippen LogP contribution in [0.4, 0.5) is 5.82 Å². The van der Waals surface area contributed by atoms with Crippen molar-refractivity contribution >= 4 is 5.82 Å². The molecule has 1 saturated heterocycles. The second-order valence-electron chi connectivity index (χ2n) is 4.38. The van der Waals surface area contributed by atoms with Gasteiger partial charge in [-0.3, -0.25) is 4.79 Å². The van der Waals surface area contributed by atoms with E-state index in [-0.39, 0.29) is 11.4 Å². The Labute approximate surface area is 99.2 Å². The summed E-state index contributed by atoms with van der Waals surface area (Å²) in [4.78, 5) is 15.6. The molecule has 2 rings (SSSR count). The lowest BCUT2D eigenvalue weighted by atomic mass is 9.94. The summed E-state index contributed by atoms with van der Waals surface area (Å²) < 4.78 is 6.64. The van der Waals surface area contributed by atoms with Crippen LogP contribution in [0.1, 0.15) is 12.8 Å². The maximum absolute atomic E-state index is 11.7. The van der Waals surface area contributed by atoms with Crippen LogP contribution in [0, 0.1) is 0 Å². The van der Waals surface area contributed by atoms with Crippen LogP contribution in [0.15, 0.2) is 17.2 Å².